The molecule has 0 aliphatic carbocycles. The van der Waals surface area contributed by atoms with Crippen molar-refractivity contribution in [3.8, 4) is 5.75 Å². The van der Waals surface area contributed by atoms with Gasteiger partial charge in [0.2, 0.25) is 0 Å². The molecule has 0 fully saturated rings. The maximum absolute atomic E-state index is 12.7. The van der Waals surface area contributed by atoms with Crippen LogP contribution in [0.3, 0.4) is 0 Å². The fourth-order valence-corrected chi connectivity index (χ4v) is 2.28. The number of hydrogen-bond donors (Lipinski definition) is 0. The molecule has 2 heteroatoms. The number of hydrogen-bond acceptors (Lipinski definition) is 2. The summed E-state index contributed by atoms with van der Waals surface area (Å²) in [6.07, 6.45) is 1.79. The zero-order valence-corrected chi connectivity index (χ0v) is 12.3. The van der Waals surface area contributed by atoms with Gasteiger partial charge in [-0.3, -0.25) is 4.79 Å². The van der Waals surface area contributed by atoms with E-state index in [1.54, 1.807) is 13.2 Å². The summed E-state index contributed by atoms with van der Waals surface area (Å²) in [5.41, 5.74) is 3.76. The van der Waals surface area contributed by atoms with Gasteiger partial charge in [-0.1, -0.05) is 38.1 Å². The molecule has 0 amide bonds. The van der Waals surface area contributed by atoms with Crippen LogP contribution in [0.2, 0.25) is 0 Å². The quantitative estimate of drug-likeness (QED) is 0.765. The molecule has 0 atom stereocenters. The predicted octanol–water partition coefficient (Wildman–Crippen LogP) is 4.05. The Morgan fingerprint density at radius 2 is 1.85 bits per heavy atom. The number of methoxy groups -OCH3 is 1. The van der Waals surface area contributed by atoms with Gasteiger partial charge in [0.25, 0.3) is 0 Å². The Morgan fingerprint density at radius 3 is 2.50 bits per heavy atom. The van der Waals surface area contributed by atoms with E-state index in [-0.39, 0.29) is 5.78 Å². The molecule has 0 N–H and O–H groups in total. The lowest BCUT2D eigenvalue weighted by atomic mass is 9.94. The maximum atomic E-state index is 12.7. The molecule has 2 aromatic rings. The van der Waals surface area contributed by atoms with E-state index < -0.39 is 0 Å². The number of ketones is 1. The Balaban J connectivity index is 2.46. The molecule has 2 aromatic carbocycles. The van der Waals surface area contributed by atoms with E-state index >= 15 is 0 Å². The summed E-state index contributed by atoms with van der Waals surface area (Å²) in [5.74, 6) is 0.775. The van der Waals surface area contributed by atoms with Gasteiger partial charge < -0.3 is 4.74 Å². The molecule has 0 aliphatic heterocycles. The summed E-state index contributed by atoms with van der Waals surface area (Å²) in [5, 5.41) is 0. The van der Waals surface area contributed by atoms with Crippen LogP contribution in [0.4, 0.5) is 0 Å². The fraction of sp³-hybridized carbons (Fsp3) is 0.278. The van der Waals surface area contributed by atoms with E-state index in [0.29, 0.717) is 11.3 Å². The number of carbonyl (C=O) groups is 1. The molecule has 0 saturated carbocycles. The number of benzene rings is 2. The highest BCUT2D eigenvalue weighted by Crippen LogP contribution is 2.20. The van der Waals surface area contributed by atoms with Crippen molar-refractivity contribution in [3.63, 3.8) is 0 Å². The minimum Gasteiger partial charge on any atom is -0.497 e. The second-order valence-corrected chi connectivity index (χ2v) is 4.76. The van der Waals surface area contributed by atoms with E-state index in [2.05, 4.69) is 26.0 Å². The van der Waals surface area contributed by atoms with Crippen LogP contribution in [0, 0.1) is 0 Å². The smallest absolute Gasteiger partial charge is 0.193 e. The van der Waals surface area contributed by atoms with Crippen LogP contribution in [0.25, 0.3) is 0 Å². The molecule has 2 rings (SSSR count). The number of rotatable bonds is 5. The molecule has 0 spiro atoms. The van der Waals surface area contributed by atoms with Crippen LogP contribution in [-0.2, 0) is 12.8 Å². The highest BCUT2D eigenvalue weighted by atomic mass is 16.5. The number of aryl methyl sites for hydroxylation is 2. The SMILES string of the molecule is CCc1ccc(CC)c(C(=O)c2cccc(OC)c2)c1. The zero-order valence-electron chi connectivity index (χ0n) is 12.3. The molecule has 104 valence electrons. The summed E-state index contributed by atoms with van der Waals surface area (Å²) < 4.78 is 5.19. The maximum Gasteiger partial charge on any atom is 0.193 e. The Kier molecular flexibility index (Phi) is 4.57. The van der Waals surface area contributed by atoms with E-state index in [1.807, 2.05) is 24.3 Å². The average Bonchev–Trinajstić information content (AvgIpc) is 2.53. The van der Waals surface area contributed by atoms with Crippen LogP contribution in [0.1, 0.15) is 40.9 Å². The molecular formula is C18H20O2. The zero-order chi connectivity index (χ0) is 14.5. The third-order valence-electron chi connectivity index (χ3n) is 3.54. The fourth-order valence-electron chi connectivity index (χ4n) is 2.28. The molecule has 0 heterocycles. The Bertz CT molecular complexity index is 615. The van der Waals surface area contributed by atoms with Crippen molar-refractivity contribution in [2.45, 2.75) is 26.7 Å². The predicted molar refractivity (Wildman–Crippen MR) is 81.6 cm³/mol. The molecule has 20 heavy (non-hydrogen) atoms. The first-order valence-electron chi connectivity index (χ1n) is 7.00. The Hall–Kier alpha value is -2.09. The van der Waals surface area contributed by atoms with Crippen molar-refractivity contribution in [3.05, 3.63) is 64.7 Å². The normalized spacial score (nSPS) is 10.3. The molecule has 0 saturated heterocycles. The Labute approximate surface area is 120 Å². The molecular weight excluding hydrogens is 248 g/mol. The second-order valence-electron chi connectivity index (χ2n) is 4.76. The van der Waals surface area contributed by atoms with Crippen LogP contribution < -0.4 is 4.74 Å². The molecule has 0 aliphatic rings. The summed E-state index contributed by atoms with van der Waals surface area (Å²) in [4.78, 5) is 12.7. The molecule has 0 unspecified atom stereocenters. The van der Waals surface area contributed by atoms with Crippen molar-refractivity contribution in [2.75, 3.05) is 7.11 Å². The molecule has 0 bridgehead atoms. The molecule has 0 radical (unpaired) electrons. The van der Waals surface area contributed by atoms with Gasteiger partial charge in [-0.05, 0) is 42.2 Å². The lowest BCUT2D eigenvalue weighted by Gasteiger charge is -2.10. The monoisotopic (exact) mass is 268 g/mol. The molecule has 0 aromatic heterocycles. The third-order valence-corrected chi connectivity index (χ3v) is 3.54. The van der Waals surface area contributed by atoms with Gasteiger partial charge >= 0.3 is 0 Å². The lowest BCUT2D eigenvalue weighted by molar-refractivity contribution is 0.103. The van der Waals surface area contributed by atoms with Gasteiger partial charge in [-0.2, -0.15) is 0 Å². The summed E-state index contributed by atoms with van der Waals surface area (Å²) in [7, 11) is 1.61. The van der Waals surface area contributed by atoms with Crippen molar-refractivity contribution < 1.29 is 9.53 Å². The van der Waals surface area contributed by atoms with Crippen molar-refractivity contribution >= 4 is 5.78 Å². The first kappa shape index (κ1) is 14.3. The first-order chi connectivity index (χ1) is 9.69. The standard InChI is InChI=1S/C18H20O2/c1-4-13-9-10-14(5-2)17(11-13)18(19)15-7-6-8-16(12-15)20-3/h6-12H,4-5H2,1-3H3. The number of ether oxygens (including phenoxy) is 1. The van der Waals surface area contributed by atoms with Crippen molar-refractivity contribution in [1.82, 2.24) is 0 Å². The summed E-state index contributed by atoms with van der Waals surface area (Å²) >= 11 is 0. The van der Waals surface area contributed by atoms with E-state index in [9.17, 15) is 4.79 Å². The highest BCUT2D eigenvalue weighted by Gasteiger charge is 2.14. The molecule has 2 nitrogen and oxygen atoms in total. The average molecular weight is 268 g/mol. The summed E-state index contributed by atoms with van der Waals surface area (Å²) in [6, 6.07) is 13.5. The number of carbonyl (C=O) groups excluding carboxylic acids is 1. The van der Waals surface area contributed by atoms with Crippen molar-refractivity contribution in [1.29, 1.82) is 0 Å². The minimum absolute atomic E-state index is 0.0658. The lowest BCUT2D eigenvalue weighted by Crippen LogP contribution is -2.06. The van der Waals surface area contributed by atoms with E-state index in [4.69, 9.17) is 4.74 Å². The summed E-state index contributed by atoms with van der Waals surface area (Å²) in [6.45, 7) is 4.17. The van der Waals surface area contributed by atoms with Gasteiger partial charge in [-0.25, -0.2) is 0 Å². The van der Waals surface area contributed by atoms with Crippen LogP contribution in [-0.4, -0.2) is 12.9 Å². The minimum atomic E-state index is 0.0658. The largest absolute Gasteiger partial charge is 0.497 e. The third kappa shape index (κ3) is 2.90. The van der Waals surface area contributed by atoms with Crippen LogP contribution in [0.5, 0.6) is 5.75 Å². The van der Waals surface area contributed by atoms with Crippen molar-refractivity contribution in [2.24, 2.45) is 0 Å². The Morgan fingerprint density at radius 1 is 1.05 bits per heavy atom. The highest BCUT2D eigenvalue weighted by molar-refractivity contribution is 6.10. The van der Waals surface area contributed by atoms with Gasteiger partial charge in [0.15, 0.2) is 5.78 Å². The van der Waals surface area contributed by atoms with Crippen LogP contribution in [0.15, 0.2) is 42.5 Å². The van der Waals surface area contributed by atoms with Crippen LogP contribution >= 0.6 is 0 Å². The van der Waals surface area contributed by atoms with Gasteiger partial charge in [0, 0.05) is 11.1 Å². The van der Waals surface area contributed by atoms with Gasteiger partial charge in [-0.15, -0.1) is 0 Å². The van der Waals surface area contributed by atoms with E-state index in [1.165, 1.54) is 5.56 Å². The van der Waals surface area contributed by atoms with Gasteiger partial charge in [0.1, 0.15) is 5.75 Å². The van der Waals surface area contributed by atoms with E-state index in [0.717, 1.165) is 24.0 Å². The topological polar surface area (TPSA) is 26.3 Å². The first-order valence-corrected chi connectivity index (χ1v) is 7.00. The van der Waals surface area contributed by atoms with Gasteiger partial charge in [0.05, 0.1) is 7.11 Å². The second kappa shape index (κ2) is 6.38.